The minimum absolute atomic E-state index is 0.492. The first-order valence-electron chi connectivity index (χ1n) is 12.5. The van der Waals surface area contributed by atoms with Crippen LogP contribution in [0.3, 0.4) is 0 Å². The lowest BCUT2D eigenvalue weighted by molar-refractivity contribution is -0.120. The van der Waals surface area contributed by atoms with E-state index in [2.05, 4.69) is 39.2 Å². The fourth-order valence-corrected chi connectivity index (χ4v) is 3.90. The van der Waals surface area contributed by atoms with Crippen LogP contribution in [-0.4, -0.2) is 30.3 Å². The van der Waals surface area contributed by atoms with Crippen LogP contribution in [0.4, 0.5) is 0 Å². The first-order chi connectivity index (χ1) is 13.6. The summed E-state index contributed by atoms with van der Waals surface area (Å²) in [5, 5.41) is 0. The second-order valence-electron chi connectivity index (χ2n) is 8.70. The van der Waals surface area contributed by atoms with Crippen molar-refractivity contribution in [2.45, 2.75) is 124 Å². The SMILES string of the molecule is C=C(CC)CCCCN(CCC)CCCCCCCCC(=O)CC(CC)CC. The van der Waals surface area contributed by atoms with Crippen molar-refractivity contribution in [2.75, 3.05) is 19.6 Å². The molecule has 0 bridgehead atoms. The molecule has 0 amide bonds. The minimum atomic E-state index is 0.492. The topological polar surface area (TPSA) is 20.3 Å². The fraction of sp³-hybridized carbons (Fsp3) is 0.885. The van der Waals surface area contributed by atoms with Gasteiger partial charge in [-0.1, -0.05) is 78.4 Å². The molecule has 0 fully saturated rings. The number of unbranched alkanes of at least 4 members (excludes halogenated alkanes) is 6. The number of carbonyl (C=O) groups excluding carboxylic acids is 1. The Morgan fingerprint density at radius 1 is 0.750 bits per heavy atom. The van der Waals surface area contributed by atoms with Gasteiger partial charge in [-0.05, 0) is 70.5 Å². The van der Waals surface area contributed by atoms with Gasteiger partial charge < -0.3 is 4.90 Å². The van der Waals surface area contributed by atoms with E-state index in [9.17, 15) is 4.79 Å². The number of rotatable bonds is 21. The highest BCUT2D eigenvalue weighted by molar-refractivity contribution is 5.78. The number of ketones is 1. The van der Waals surface area contributed by atoms with E-state index in [1.807, 2.05) is 0 Å². The maximum atomic E-state index is 12.0. The van der Waals surface area contributed by atoms with Crippen molar-refractivity contribution in [1.29, 1.82) is 0 Å². The van der Waals surface area contributed by atoms with Crippen molar-refractivity contribution in [3.63, 3.8) is 0 Å². The predicted molar refractivity (Wildman–Crippen MR) is 126 cm³/mol. The lowest BCUT2D eigenvalue weighted by Gasteiger charge is -2.21. The number of allylic oxidation sites excluding steroid dienone is 1. The monoisotopic (exact) mass is 393 g/mol. The van der Waals surface area contributed by atoms with E-state index >= 15 is 0 Å². The molecular weight excluding hydrogens is 342 g/mol. The quantitative estimate of drug-likeness (QED) is 0.146. The Hall–Kier alpha value is -0.630. The standard InChI is InChI=1S/C26H51NO/c1-6-20-27(22-17-15-18-24(5)7-2)21-16-13-11-10-12-14-19-26(28)23-25(8-3)9-4/h25H,5-23H2,1-4H3. The molecule has 0 aromatic rings. The molecule has 0 heterocycles. The fourth-order valence-electron chi connectivity index (χ4n) is 3.90. The van der Waals surface area contributed by atoms with Gasteiger partial charge >= 0.3 is 0 Å². The Morgan fingerprint density at radius 2 is 1.29 bits per heavy atom. The van der Waals surface area contributed by atoms with Gasteiger partial charge in [0.25, 0.3) is 0 Å². The molecule has 0 aromatic heterocycles. The third-order valence-corrected chi connectivity index (χ3v) is 6.15. The zero-order valence-corrected chi connectivity index (χ0v) is 19.9. The van der Waals surface area contributed by atoms with Crippen LogP contribution in [0, 0.1) is 5.92 Å². The molecule has 0 aliphatic carbocycles. The van der Waals surface area contributed by atoms with Gasteiger partial charge in [0.05, 0.1) is 0 Å². The van der Waals surface area contributed by atoms with E-state index in [1.165, 1.54) is 83.0 Å². The molecule has 0 saturated heterocycles. The third-order valence-electron chi connectivity index (χ3n) is 6.15. The normalized spacial score (nSPS) is 11.5. The van der Waals surface area contributed by atoms with Gasteiger partial charge in [-0.3, -0.25) is 4.79 Å². The predicted octanol–water partition coefficient (Wildman–Crippen LogP) is 7.96. The molecule has 166 valence electrons. The van der Waals surface area contributed by atoms with E-state index in [0.29, 0.717) is 11.7 Å². The lowest BCUT2D eigenvalue weighted by Crippen LogP contribution is -2.27. The van der Waals surface area contributed by atoms with Gasteiger partial charge in [-0.2, -0.15) is 0 Å². The highest BCUT2D eigenvalue weighted by Crippen LogP contribution is 2.16. The number of hydrogen-bond donors (Lipinski definition) is 0. The number of Topliss-reactive ketones (excluding diaryl/α,β-unsaturated/α-hetero) is 1. The van der Waals surface area contributed by atoms with E-state index in [1.54, 1.807) is 0 Å². The third kappa shape index (κ3) is 16.3. The van der Waals surface area contributed by atoms with Gasteiger partial charge in [-0.15, -0.1) is 0 Å². The average Bonchev–Trinajstić information content (AvgIpc) is 2.70. The summed E-state index contributed by atoms with van der Waals surface area (Å²) < 4.78 is 0. The van der Waals surface area contributed by atoms with Crippen LogP contribution in [0.15, 0.2) is 12.2 Å². The van der Waals surface area contributed by atoms with E-state index in [-0.39, 0.29) is 0 Å². The molecule has 0 aliphatic rings. The molecule has 0 radical (unpaired) electrons. The van der Waals surface area contributed by atoms with Crippen LogP contribution in [0.2, 0.25) is 0 Å². The average molecular weight is 394 g/mol. The van der Waals surface area contributed by atoms with Gasteiger partial charge in [0.2, 0.25) is 0 Å². The van der Waals surface area contributed by atoms with Crippen LogP contribution in [0.1, 0.15) is 124 Å². The molecule has 0 unspecified atom stereocenters. The molecule has 2 heteroatoms. The van der Waals surface area contributed by atoms with E-state index in [4.69, 9.17) is 0 Å². The molecule has 2 nitrogen and oxygen atoms in total. The smallest absolute Gasteiger partial charge is 0.133 e. The molecule has 0 saturated carbocycles. The second-order valence-corrected chi connectivity index (χ2v) is 8.70. The molecule has 0 aromatic carbocycles. The largest absolute Gasteiger partial charge is 0.303 e. The number of carbonyl (C=O) groups is 1. The van der Waals surface area contributed by atoms with Crippen LogP contribution in [0.5, 0.6) is 0 Å². The van der Waals surface area contributed by atoms with Crippen molar-refractivity contribution >= 4 is 5.78 Å². The summed E-state index contributed by atoms with van der Waals surface area (Å²) in [7, 11) is 0. The number of nitrogens with zero attached hydrogens (tertiary/aromatic N) is 1. The van der Waals surface area contributed by atoms with Gasteiger partial charge in [0, 0.05) is 12.8 Å². The summed E-state index contributed by atoms with van der Waals surface area (Å²) in [6, 6.07) is 0. The van der Waals surface area contributed by atoms with Crippen LogP contribution in [0.25, 0.3) is 0 Å². The van der Waals surface area contributed by atoms with Crippen LogP contribution >= 0.6 is 0 Å². The summed E-state index contributed by atoms with van der Waals surface area (Å²) >= 11 is 0. The first kappa shape index (κ1) is 27.4. The summed E-state index contributed by atoms with van der Waals surface area (Å²) in [4.78, 5) is 14.7. The zero-order chi connectivity index (χ0) is 21.0. The van der Waals surface area contributed by atoms with Crippen molar-refractivity contribution in [3.8, 4) is 0 Å². The Labute approximate surface area is 177 Å². The van der Waals surface area contributed by atoms with Crippen molar-refractivity contribution < 1.29 is 4.79 Å². The molecule has 0 spiro atoms. The van der Waals surface area contributed by atoms with E-state index < -0.39 is 0 Å². The van der Waals surface area contributed by atoms with Gasteiger partial charge in [0.15, 0.2) is 0 Å². The highest BCUT2D eigenvalue weighted by atomic mass is 16.1. The second kappa shape index (κ2) is 19.7. The van der Waals surface area contributed by atoms with Gasteiger partial charge in [0.1, 0.15) is 5.78 Å². The van der Waals surface area contributed by atoms with Crippen molar-refractivity contribution in [1.82, 2.24) is 4.90 Å². The molecule has 0 N–H and O–H groups in total. The maximum absolute atomic E-state index is 12.0. The highest BCUT2D eigenvalue weighted by Gasteiger charge is 2.09. The van der Waals surface area contributed by atoms with Gasteiger partial charge in [-0.25, -0.2) is 0 Å². The van der Waals surface area contributed by atoms with Crippen molar-refractivity contribution in [3.05, 3.63) is 12.2 Å². The Balaban J connectivity index is 3.64. The maximum Gasteiger partial charge on any atom is 0.133 e. The Morgan fingerprint density at radius 3 is 1.86 bits per heavy atom. The minimum Gasteiger partial charge on any atom is -0.303 e. The summed E-state index contributed by atoms with van der Waals surface area (Å²) in [5.74, 6) is 1.11. The molecule has 0 atom stereocenters. The Bertz CT molecular complexity index is 373. The van der Waals surface area contributed by atoms with E-state index in [0.717, 1.165) is 38.5 Å². The molecular formula is C26H51NO. The molecule has 28 heavy (non-hydrogen) atoms. The van der Waals surface area contributed by atoms with Crippen molar-refractivity contribution in [2.24, 2.45) is 5.92 Å². The summed E-state index contributed by atoms with van der Waals surface area (Å²) in [5.41, 5.74) is 1.40. The summed E-state index contributed by atoms with van der Waals surface area (Å²) in [6.45, 7) is 16.8. The molecule has 0 rings (SSSR count). The van der Waals surface area contributed by atoms with Crippen LogP contribution < -0.4 is 0 Å². The first-order valence-corrected chi connectivity index (χ1v) is 12.5. The Kier molecular flexibility index (Phi) is 19.2. The lowest BCUT2D eigenvalue weighted by atomic mass is 9.95. The summed E-state index contributed by atoms with van der Waals surface area (Å²) in [6.07, 6.45) is 17.7. The van der Waals surface area contributed by atoms with Crippen LogP contribution in [-0.2, 0) is 4.79 Å². The molecule has 0 aliphatic heterocycles. The number of hydrogen-bond acceptors (Lipinski definition) is 2. The zero-order valence-electron chi connectivity index (χ0n) is 19.9.